The molecule has 2 fully saturated rings. The minimum Gasteiger partial charge on any atom is -0.340 e. The van der Waals surface area contributed by atoms with Gasteiger partial charge in [0.05, 0.1) is 0 Å². The van der Waals surface area contributed by atoms with Crippen LogP contribution in [0.15, 0.2) is 43.0 Å². The molecule has 0 radical (unpaired) electrons. The molecule has 0 saturated carbocycles. The molecule has 2 aliphatic rings. The highest BCUT2D eigenvalue weighted by Crippen LogP contribution is 2.33. The van der Waals surface area contributed by atoms with Gasteiger partial charge in [0, 0.05) is 57.5 Å². The number of likely N-dealkylation sites (tertiary alicyclic amines) is 1. The molecule has 4 rings (SSSR count). The maximum absolute atomic E-state index is 4.37. The SMILES string of the molecule is c1cnc(N2CC3CN(Cc4cccnc4)CC3C2)nc1. The van der Waals surface area contributed by atoms with Gasteiger partial charge in [-0.2, -0.15) is 0 Å². The fraction of sp³-hybridized carbons (Fsp3) is 0.438. The first-order chi connectivity index (χ1) is 10.4. The Morgan fingerprint density at radius 3 is 2.38 bits per heavy atom. The minimum absolute atomic E-state index is 0.741. The van der Waals surface area contributed by atoms with Gasteiger partial charge in [0.1, 0.15) is 0 Å². The van der Waals surface area contributed by atoms with E-state index in [0.717, 1.165) is 37.4 Å². The second-order valence-corrected chi connectivity index (χ2v) is 6.03. The highest BCUT2D eigenvalue weighted by molar-refractivity contribution is 5.31. The molecule has 0 aliphatic carbocycles. The lowest BCUT2D eigenvalue weighted by atomic mass is 10.0. The van der Waals surface area contributed by atoms with E-state index in [1.807, 2.05) is 36.9 Å². The zero-order chi connectivity index (χ0) is 14.1. The molecule has 2 aromatic rings. The van der Waals surface area contributed by atoms with Gasteiger partial charge in [-0.05, 0) is 29.5 Å². The van der Waals surface area contributed by atoms with E-state index in [-0.39, 0.29) is 0 Å². The van der Waals surface area contributed by atoms with Crippen LogP contribution in [0.3, 0.4) is 0 Å². The zero-order valence-corrected chi connectivity index (χ0v) is 12.0. The highest BCUT2D eigenvalue weighted by atomic mass is 15.3. The molecule has 0 amide bonds. The number of rotatable bonds is 3. The van der Waals surface area contributed by atoms with Crippen molar-refractivity contribution in [3.8, 4) is 0 Å². The topological polar surface area (TPSA) is 45.2 Å². The molecule has 2 unspecified atom stereocenters. The fourth-order valence-electron chi connectivity index (χ4n) is 3.59. The van der Waals surface area contributed by atoms with Crippen molar-refractivity contribution in [1.82, 2.24) is 19.9 Å². The maximum atomic E-state index is 4.37. The van der Waals surface area contributed by atoms with Crippen molar-refractivity contribution < 1.29 is 0 Å². The average molecular weight is 281 g/mol. The van der Waals surface area contributed by atoms with Crippen molar-refractivity contribution in [2.45, 2.75) is 6.54 Å². The Bertz CT molecular complexity index is 574. The summed E-state index contributed by atoms with van der Waals surface area (Å²) in [6, 6.07) is 6.04. The summed E-state index contributed by atoms with van der Waals surface area (Å²) in [7, 11) is 0. The molecule has 0 bridgehead atoms. The number of hydrogen-bond acceptors (Lipinski definition) is 5. The second-order valence-electron chi connectivity index (χ2n) is 6.03. The van der Waals surface area contributed by atoms with Crippen molar-refractivity contribution in [2.75, 3.05) is 31.1 Å². The zero-order valence-electron chi connectivity index (χ0n) is 12.0. The molecule has 0 aromatic carbocycles. The van der Waals surface area contributed by atoms with Crippen molar-refractivity contribution in [2.24, 2.45) is 11.8 Å². The largest absolute Gasteiger partial charge is 0.340 e. The molecule has 2 saturated heterocycles. The van der Waals surface area contributed by atoms with Crippen LogP contribution in [0.2, 0.25) is 0 Å². The van der Waals surface area contributed by atoms with Crippen LogP contribution in [-0.2, 0) is 6.54 Å². The number of aromatic nitrogens is 3. The van der Waals surface area contributed by atoms with Gasteiger partial charge in [0.2, 0.25) is 5.95 Å². The van der Waals surface area contributed by atoms with Crippen LogP contribution >= 0.6 is 0 Å². The minimum atomic E-state index is 0.741. The molecule has 2 atom stereocenters. The van der Waals surface area contributed by atoms with E-state index in [9.17, 15) is 0 Å². The lowest BCUT2D eigenvalue weighted by molar-refractivity contribution is 0.308. The first-order valence-electron chi connectivity index (χ1n) is 7.52. The van der Waals surface area contributed by atoms with E-state index in [1.54, 1.807) is 0 Å². The van der Waals surface area contributed by atoms with Crippen LogP contribution in [0.1, 0.15) is 5.56 Å². The standard InChI is InChI=1S/C16H19N5/c1-3-13(7-17-4-1)8-20-9-14-11-21(12-15(14)10-20)16-18-5-2-6-19-16/h1-7,14-15H,8-12H2. The van der Waals surface area contributed by atoms with Crippen molar-refractivity contribution in [1.29, 1.82) is 0 Å². The third-order valence-corrected chi connectivity index (χ3v) is 4.53. The van der Waals surface area contributed by atoms with Crippen molar-refractivity contribution in [3.63, 3.8) is 0 Å². The Morgan fingerprint density at radius 2 is 1.71 bits per heavy atom. The number of hydrogen-bond donors (Lipinski definition) is 0. The maximum Gasteiger partial charge on any atom is 0.225 e. The van der Waals surface area contributed by atoms with Gasteiger partial charge in [-0.25, -0.2) is 9.97 Å². The molecule has 2 aromatic heterocycles. The Kier molecular flexibility index (Phi) is 3.27. The fourth-order valence-corrected chi connectivity index (χ4v) is 3.59. The van der Waals surface area contributed by atoms with Gasteiger partial charge in [-0.3, -0.25) is 9.88 Å². The third kappa shape index (κ3) is 2.61. The van der Waals surface area contributed by atoms with Crippen LogP contribution in [0.25, 0.3) is 0 Å². The number of fused-ring (bicyclic) bond motifs is 1. The van der Waals surface area contributed by atoms with Gasteiger partial charge in [-0.15, -0.1) is 0 Å². The summed E-state index contributed by atoms with van der Waals surface area (Å²) in [5, 5.41) is 0. The summed E-state index contributed by atoms with van der Waals surface area (Å²) < 4.78 is 0. The molecular formula is C16H19N5. The Balaban J connectivity index is 1.37. The molecule has 0 spiro atoms. The Morgan fingerprint density at radius 1 is 0.952 bits per heavy atom. The van der Waals surface area contributed by atoms with E-state index in [2.05, 4.69) is 30.8 Å². The molecular weight excluding hydrogens is 262 g/mol. The quantitative estimate of drug-likeness (QED) is 0.852. The van der Waals surface area contributed by atoms with Crippen molar-refractivity contribution >= 4 is 5.95 Å². The number of nitrogens with zero attached hydrogens (tertiary/aromatic N) is 5. The molecule has 2 aliphatic heterocycles. The first-order valence-corrected chi connectivity index (χ1v) is 7.52. The summed E-state index contributed by atoms with van der Waals surface area (Å²) in [5.74, 6) is 2.36. The van der Waals surface area contributed by atoms with Gasteiger partial charge in [0.15, 0.2) is 0 Å². The normalized spacial score (nSPS) is 25.2. The van der Waals surface area contributed by atoms with E-state index in [4.69, 9.17) is 0 Å². The van der Waals surface area contributed by atoms with Gasteiger partial charge in [0.25, 0.3) is 0 Å². The lowest BCUT2D eigenvalue weighted by Crippen LogP contribution is -2.29. The molecule has 21 heavy (non-hydrogen) atoms. The van der Waals surface area contributed by atoms with Crippen LogP contribution < -0.4 is 4.90 Å². The molecule has 108 valence electrons. The monoisotopic (exact) mass is 281 g/mol. The van der Waals surface area contributed by atoms with Crippen LogP contribution in [0.5, 0.6) is 0 Å². The van der Waals surface area contributed by atoms with Gasteiger partial charge >= 0.3 is 0 Å². The second kappa shape index (κ2) is 5.41. The molecule has 4 heterocycles. The number of pyridine rings is 1. The lowest BCUT2D eigenvalue weighted by Gasteiger charge is -2.21. The molecule has 5 nitrogen and oxygen atoms in total. The van der Waals surface area contributed by atoms with Crippen LogP contribution in [0.4, 0.5) is 5.95 Å². The summed E-state index contributed by atoms with van der Waals surface area (Å²) in [6.45, 7) is 5.52. The Labute approximate surface area is 124 Å². The van der Waals surface area contributed by atoms with Gasteiger partial charge < -0.3 is 4.90 Å². The first kappa shape index (κ1) is 12.7. The van der Waals surface area contributed by atoms with E-state index in [1.165, 1.54) is 18.7 Å². The van der Waals surface area contributed by atoms with Crippen LogP contribution in [0, 0.1) is 11.8 Å². The summed E-state index contributed by atoms with van der Waals surface area (Å²) in [5.41, 5.74) is 1.31. The van der Waals surface area contributed by atoms with Crippen molar-refractivity contribution in [3.05, 3.63) is 48.5 Å². The Hall–Kier alpha value is -2.01. The molecule has 5 heteroatoms. The predicted molar refractivity (Wildman–Crippen MR) is 80.7 cm³/mol. The van der Waals surface area contributed by atoms with E-state index >= 15 is 0 Å². The molecule has 0 N–H and O–H groups in total. The average Bonchev–Trinajstić information content (AvgIpc) is 3.07. The summed E-state index contributed by atoms with van der Waals surface area (Å²) >= 11 is 0. The summed E-state index contributed by atoms with van der Waals surface area (Å²) in [6.07, 6.45) is 7.45. The third-order valence-electron chi connectivity index (χ3n) is 4.53. The predicted octanol–water partition coefficient (Wildman–Crippen LogP) is 1.44. The van der Waals surface area contributed by atoms with Crippen LogP contribution in [-0.4, -0.2) is 46.0 Å². The van der Waals surface area contributed by atoms with E-state index < -0.39 is 0 Å². The smallest absolute Gasteiger partial charge is 0.225 e. The van der Waals surface area contributed by atoms with Gasteiger partial charge in [-0.1, -0.05) is 6.07 Å². The van der Waals surface area contributed by atoms with E-state index in [0.29, 0.717) is 0 Å². The number of anilines is 1. The summed E-state index contributed by atoms with van der Waals surface area (Å²) in [4.78, 5) is 17.8. The highest BCUT2D eigenvalue weighted by Gasteiger charge is 2.40.